The standard InChI is InChI=1S/C15H22N6S/c1-5-7-16-15(20(3)10-13-6-8-22-11-13)17-9-14-19-18-12(2)21(14)4/h5-6,8,11H,1,7,9-10H2,2-4H3,(H,16,17). The highest BCUT2D eigenvalue weighted by atomic mass is 32.1. The number of nitrogens with zero attached hydrogens (tertiary/aromatic N) is 5. The van der Waals surface area contributed by atoms with Crippen LogP contribution in [0.2, 0.25) is 0 Å². The number of aliphatic imine (C=N–C) groups is 1. The molecule has 22 heavy (non-hydrogen) atoms. The molecule has 2 aromatic rings. The average molecular weight is 318 g/mol. The van der Waals surface area contributed by atoms with E-state index in [4.69, 9.17) is 0 Å². The molecule has 7 heteroatoms. The summed E-state index contributed by atoms with van der Waals surface area (Å²) < 4.78 is 1.95. The van der Waals surface area contributed by atoms with Crippen molar-refractivity contribution in [2.75, 3.05) is 13.6 Å². The van der Waals surface area contributed by atoms with Crippen LogP contribution in [0.5, 0.6) is 0 Å². The van der Waals surface area contributed by atoms with E-state index in [-0.39, 0.29) is 0 Å². The summed E-state index contributed by atoms with van der Waals surface area (Å²) >= 11 is 1.70. The molecule has 1 N–H and O–H groups in total. The van der Waals surface area contributed by atoms with Gasteiger partial charge >= 0.3 is 0 Å². The third-order valence-corrected chi connectivity index (χ3v) is 4.05. The van der Waals surface area contributed by atoms with Crippen LogP contribution in [0.1, 0.15) is 17.2 Å². The Morgan fingerprint density at radius 3 is 2.95 bits per heavy atom. The first-order valence-electron chi connectivity index (χ1n) is 7.08. The van der Waals surface area contributed by atoms with Gasteiger partial charge in [-0.25, -0.2) is 4.99 Å². The molecule has 2 rings (SSSR count). The van der Waals surface area contributed by atoms with Gasteiger partial charge in [0.25, 0.3) is 0 Å². The van der Waals surface area contributed by atoms with Crippen LogP contribution in [0, 0.1) is 6.92 Å². The van der Waals surface area contributed by atoms with Crippen molar-refractivity contribution in [1.82, 2.24) is 25.0 Å². The van der Waals surface area contributed by atoms with Crippen LogP contribution in [0.4, 0.5) is 0 Å². The molecule has 118 valence electrons. The minimum absolute atomic E-state index is 0.491. The van der Waals surface area contributed by atoms with E-state index in [0.29, 0.717) is 13.1 Å². The maximum Gasteiger partial charge on any atom is 0.194 e. The number of hydrogen-bond acceptors (Lipinski definition) is 4. The molecular formula is C15H22N6S. The highest BCUT2D eigenvalue weighted by Crippen LogP contribution is 2.09. The van der Waals surface area contributed by atoms with E-state index in [2.05, 4.69) is 48.8 Å². The van der Waals surface area contributed by atoms with Crippen molar-refractivity contribution in [2.45, 2.75) is 20.0 Å². The molecule has 0 atom stereocenters. The first-order valence-corrected chi connectivity index (χ1v) is 8.02. The number of hydrogen-bond donors (Lipinski definition) is 1. The fraction of sp³-hybridized carbons (Fsp3) is 0.400. The summed E-state index contributed by atoms with van der Waals surface area (Å²) in [5.41, 5.74) is 1.27. The lowest BCUT2D eigenvalue weighted by molar-refractivity contribution is 0.478. The molecule has 0 saturated heterocycles. The van der Waals surface area contributed by atoms with Gasteiger partial charge in [-0.3, -0.25) is 0 Å². The van der Waals surface area contributed by atoms with Crippen molar-refractivity contribution in [3.63, 3.8) is 0 Å². The zero-order valence-electron chi connectivity index (χ0n) is 13.3. The van der Waals surface area contributed by atoms with Gasteiger partial charge in [0, 0.05) is 27.2 Å². The van der Waals surface area contributed by atoms with E-state index in [1.807, 2.05) is 31.7 Å². The van der Waals surface area contributed by atoms with Crippen LogP contribution in [0.25, 0.3) is 0 Å². The highest BCUT2D eigenvalue weighted by Gasteiger charge is 2.09. The van der Waals surface area contributed by atoms with Crippen LogP contribution in [-0.2, 0) is 20.1 Å². The maximum atomic E-state index is 4.65. The molecule has 0 radical (unpaired) electrons. The molecule has 0 aliphatic heterocycles. The number of guanidine groups is 1. The molecule has 0 aliphatic rings. The number of aryl methyl sites for hydroxylation is 1. The van der Waals surface area contributed by atoms with Crippen LogP contribution in [-0.4, -0.2) is 39.2 Å². The number of aromatic nitrogens is 3. The Hall–Kier alpha value is -2.15. The summed E-state index contributed by atoms with van der Waals surface area (Å²) in [6.07, 6.45) is 1.82. The Labute approximate surface area is 135 Å². The van der Waals surface area contributed by atoms with Gasteiger partial charge in [0.2, 0.25) is 0 Å². The lowest BCUT2D eigenvalue weighted by Gasteiger charge is -2.21. The first kappa shape index (κ1) is 16.2. The molecule has 0 bridgehead atoms. The van der Waals surface area contributed by atoms with E-state index < -0.39 is 0 Å². The van der Waals surface area contributed by atoms with Crippen LogP contribution < -0.4 is 5.32 Å². The quantitative estimate of drug-likeness (QED) is 0.502. The van der Waals surface area contributed by atoms with Gasteiger partial charge in [-0.05, 0) is 29.3 Å². The molecule has 0 saturated carbocycles. The van der Waals surface area contributed by atoms with Crippen molar-refractivity contribution in [1.29, 1.82) is 0 Å². The van der Waals surface area contributed by atoms with Crippen molar-refractivity contribution in [2.24, 2.45) is 12.0 Å². The number of rotatable bonds is 6. The summed E-state index contributed by atoms with van der Waals surface area (Å²) in [5, 5.41) is 15.7. The van der Waals surface area contributed by atoms with Gasteiger partial charge in [0.15, 0.2) is 11.8 Å². The fourth-order valence-electron chi connectivity index (χ4n) is 1.94. The third kappa shape index (κ3) is 4.17. The number of thiophene rings is 1. The van der Waals surface area contributed by atoms with Crippen molar-refractivity contribution in [3.8, 4) is 0 Å². The minimum atomic E-state index is 0.491. The zero-order chi connectivity index (χ0) is 15.9. The topological polar surface area (TPSA) is 58.3 Å². The Morgan fingerprint density at radius 2 is 2.36 bits per heavy atom. The normalized spacial score (nSPS) is 11.5. The predicted molar refractivity (Wildman–Crippen MR) is 90.9 cm³/mol. The maximum absolute atomic E-state index is 4.65. The molecule has 0 spiro atoms. The summed E-state index contributed by atoms with van der Waals surface area (Å²) in [7, 11) is 3.97. The molecule has 6 nitrogen and oxygen atoms in total. The average Bonchev–Trinajstić information content (AvgIpc) is 3.11. The van der Waals surface area contributed by atoms with Crippen LogP contribution in [0.15, 0.2) is 34.5 Å². The molecule has 2 heterocycles. The summed E-state index contributed by atoms with van der Waals surface area (Å²) in [4.78, 5) is 6.74. The van der Waals surface area contributed by atoms with E-state index in [1.165, 1.54) is 5.56 Å². The predicted octanol–water partition coefficient (Wildman–Crippen LogP) is 1.95. The SMILES string of the molecule is C=CCNC(=NCc1nnc(C)n1C)N(C)Cc1ccsc1. The van der Waals surface area contributed by atoms with Gasteiger partial charge in [-0.15, -0.1) is 16.8 Å². The van der Waals surface area contributed by atoms with E-state index in [1.54, 1.807) is 11.3 Å². The number of nitrogens with one attached hydrogen (secondary N) is 1. The van der Waals surface area contributed by atoms with E-state index in [9.17, 15) is 0 Å². The molecule has 0 amide bonds. The van der Waals surface area contributed by atoms with E-state index >= 15 is 0 Å². The molecule has 0 aliphatic carbocycles. The van der Waals surface area contributed by atoms with Crippen LogP contribution in [0.3, 0.4) is 0 Å². The van der Waals surface area contributed by atoms with Crippen molar-refractivity contribution < 1.29 is 0 Å². The van der Waals surface area contributed by atoms with Crippen molar-refractivity contribution >= 4 is 17.3 Å². The largest absolute Gasteiger partial charge is 0.353 e. The second-order valence-electron chi connectivity index (χ2n) is 5.02. The minimum Gasteiger partial charge on any atom is -0.353 e. The lowest BCUT2D eigenvalue weighted by atomic mass is 10.3. The fourth-order valence-corrected chi connectivity index (χ4v) is 2.60. The summed E-state index contributed by atoms with van der Waals surface area (Å²) in [5.74, 6) is 2.56. The van der Waals surface area contributed by atoms with E-state index in [0.717, 1.165) is 24.2 Å². The molecule has 0 aromatic carbocycles. The Morgan fingerprint density at radius 1 is 1.55 bits per heavy atom. The molecular weight excluding hydrogens is 296 g/mol. The smallest absolute Gasteiger partial charge is 0.194 e. The lowest BCUT2D eigenvalue weighted by Crippen LogP contribution is -2.38. The highest BCUT2D eigenvalue weighted by molar-refractivity contribution is 7.07. The third-order valence-electron chi connectivity index (χ3n) is 3.32. The van der Waals surface area contributed by atoms with Crippen LogP contribution >= 0.6 is 11.3 Å². The Kier molecular flexibility index (Phi) is 5.71. The zero-order valence-corrected chi connectivity index (χ0v) is 14.1. The second kappa shape index (κ2) is 7.74. The van der Waals surface area contributed by atoms with Gasteiger partial charge < -0.3 is 14.8 Å². The van der Waals surface area contributed by atoms with Gasteiger partial charge in [-0.1, -0.05) is 6.08 Å². The Bertz CT molecular complexity index is 629. The Balaban J connectivity index is 2.08. The summed E-state index contributed by atoms with van der Waals surface area (Å²) in [6.45, 7) is 7.64. The van der Waals surface area contributed by atoms with Crippen molar-refractivity contribution in [3.05, 3.63) is 46.7 Å². The second-order valence-corrected chi connectivity index (χ2v) is 5.80. The van der Waals surface area contributed by atoms with Gasteiger partial charge in [0.1, 0.15) is 12.4 Å². The monoisotopic (exact) mass is 318 g/mol. The van der Waals surface area contributed by atoms with Gasteiger partial charge in [-0.2, -0.15) is 11.3 Å². The molecule has 2 aromatic heterocycles. The summed E-state index contributed by atoms with van der Waals surface area (Å²) in [6, 6.07) is 2.12. The molecule has 0 unspecified atom stereocenters. The first-order chi connectivity index (χ1) is 10.6. The molecule has 0 fully saturated rings. The van der Waals surface area contributed by atoms with Gasteiger partial charge in [0.05, 0.1) is 0 Å².